The molecule has 1 N–H and O–H groups in total. The second-order valence-corrected chi connectivity index (χ2v) is 5.21. The number of benzene rings is 1. The first-order valence-corrected chi connectivity index (χ1v) is 7.84. The minimum atomic E-state index is -0.407. The number of esters is 1. The van der Waals surface area contributed by atoms with Crippen molar-refractivity contribution in [3.8, 4) is 0 Å². The minimum Gasteiger partial charge on any atom is -0.465 e. The fraction of sp³-hybridized carbons (Fsp3) is 0.375. The molecule has 0 aliphatic heterocycles. The minimum absolute atomic E-state index is 0.233. The Morgan fingerprint density at radius 1 is 1.52 bits per heavy atom. The molecule has 23 heavy (non-hydrogen) atoms. The summed E-state index contributed by atoms with van der Waals surface area (Å²) < 4.78 is 6.65. The molecule has 1 heterocycles. The van der Waals surface area contributed by atoms with Crippen LogP contribution in [0.25, 0.3) is 11.0 Å². The summed E-state index contributed by atoms with van der Waals surface area (Å²) in [7, 11) is 1.34. The first-order valence-electron chi connectivity index (χ1n) is 7.30. The van der Waals surface area contributed by atoms with Crippen LogP contribution in [0.3, 0.4) is 0 Å². The second kappa shape index (κ2) is 7.48. The van der Waals surface area contributed by atoms with Gasteiger partial charge in [0, 0.05) is 6.54 Å². The number of hydrogen-bond acceptors (Lipinski definition) is 5. The highest BCUT2D eigenvalue weighted by Gasteiger charge is 2.15. The summed E-state index contributed by atoms with van der Waals surface area (Å²) in [5, 5.41) is 11.1. The maximum absolute atomic E-state index is 11.7. The molecule has 2 aromatic rings. The predicted octanol–water partition coefficient (Wildman–Crippen LogP) is 3.18. The Morgan fingerprint density at radius 2 is 2.26 bits per heavy atom. The number of imidazole rings is 1. The van der Waals surface area contributed by atoms with Gasteiger partial charge in [-0.2, -0.15) is 0 Å². The Morgan fingerprint density at radius 3 is 2.83 bits per heavy atom. The molecule has 0 aliphatic carbocycles. The number of ether oxygens (including phenoxy) is 1. The summed E-state index contributed by atoms with van der Waals surface area (Å²) in [5.74, 6) is 0.500. The molecule has 124 valence electrons. The molecule has 0 aliphatic rings. The Bertz CT molecular complexity index is 739. The van der Waals surface area contributed by atoms with Crippen LogP contribution in [0.2, 0.25) is 0 Å². The number of fused-ring (bicyclic) bond motifs is 1. The van der Waals surface area contributed by atoms with Crippen molar-refractivity contribution in [2.24, 2.45) is 0 Å². The van der Waals surface area contributed by atoms with Crippen molar-refractivity contribution in [1.29, 1.82) is 0 Å². The molecule has 0 radical (unpaired) electrons. The van der Waals surface area contributed by atoms with E-state index >= 15 is 0 Å². The molecule has 1 aromatic carbocycles. The quantitative estimate of drug-likeness (QED) is 0.498. The SMILES string of the molecule is C/C=C(/Cn1c(CCl)nc2ccc(C(=O)OC)cc21)N(O)CC. The lowest BCUT2D eigenvalue weighted by Crippen LogP contribution is -2.22. The molecule has 0 bridgehead atoms. The first kappa shape index (κ1) is 17.3. The van der Waals surface area contributed by atoms with Gasteiger partial charge in [-0.1, -0.05) is 6.08 Å². The van der Waals surface area contributed by atoms with Crippen molar-refractivity contribution < 1.29 is 14.7 Å². The van der Waals surface area contributed by atoms with E-state index in [1.54, 1.807) is 18.2 Å². The first-order chi connectivity index (χ1) is 11.0. The highest BCUT2D eigenvalue weighted by Crippen LogP contribution is 2.22. The third-order valence-electron chi connectivity index (χ3n) is 3.65. The lowest BCUT2D eigenvalue weighted by atomic mass is 10.2. The summed E-state index contributed by atoms with van der Waals surface area (Å²) in [6.45, 7) is 4.58. The van der Waals surface area contributed by atoms with Gasteiger partial charge in [-0.3, -0.25) is 10.3 Å². The van der Waals surface area contributed by atoms with Crippen molar-refractivity contribution in [1.82, 2.24) is 14.6 Å². The van der Waals surface area contributed by atoms with Gasteiger partial charge in [0.25, 0.3) is 0 Å². The normalized spacial score (nSPS) is 11.8. The lowest BCUT2D eigenvalue weighted by Gasteiger charge is -2.20. The number of alkyl halides is 1. The van der Waals surface area contributed by atoms with Crippen LogP contribution in [0, 0.1) is 0 Å². The van der Waals surface area contributed by atoms with E-state index in [-0.39, 0.29) is 5.88 Å². The second-order valence-electron chi connectivity index (χ2n) is 4.94. The molecule has 0 fully saturated rings. The van der Waals surface area contributed by atoms with Crippen LogP contribution >= 0.6 is 11.6 Å². The van der Waals surface area contributed by atoms with Crippen molar-refractivity contribution in [2.45, 2.75) is 26.3 Å². The number of halogens is 1. The zero-order chi connectivity index (χ0) is 17.0. The molecule has 0 atom stereocenters. The molecule has 0 saturated carbocycles. The molecule has 1 aromatic heterocycles. The molecule has 0 unspecified atom stereocenters. The van der Waals surface area contributed by atoms with Crippen LogP contribution < -0.4 is 0 Å². The number of rotatable bonds is 6. The number of carbonyl (C=O) groups is 1. The van der Waals surface area contributed by atoms with Gasteiger partial charge in [0.05, 0.1) is 41.8 Å². The zero-order valence-electron chi connectivity index (χ0n) is 13.4. The molecule has 0 amide bonds. The maximum atomic E-state index is 11.7. The lowest BCUT2D eigenvalue weighted by molar-refractivity contribution is -0.0547. The Balaban J connectivity index is 2.53. The highest BCUT2D eigenvalue weighted by atomic mass is 35.5. The average Bonchev–Trinajstić information content (AvgIpc) is 2.94. The van der Waals surface area contributed by atoms with E-state index in [1.165, 1.54) is 12.2 Å². The third-order valence-corrected chi connectivity index (χ3v) is 3.89. The fourth-order valence-corrected chi connectivity index (χ4v) is 2.59. The van der Waals surface area contributed by atoms with Crippen molar-refractivity contribution in [3.05, 3.63) is 41.4 Å². The summed E-state index contributed by atoms with van der Waals surface area (Å²) in [6.07, 6.45) is 1.83. The standard InChI is InChI=1S/C16H20ClN3O3/c1-4-12(20(22)5-2)10-19-14-8-11(16(21)23-3)6-7-13(14)18-15(19)9-17/h4,6-8,22H,5,9-10H2,1-3H3/b12-4-. The summed E-state index contributed by atoms with van der Waals surface area (Å²) >= 11 is 6.00. The van der Waals surface area contributed by atoms with Gasteiger partial charge in [-0.05, 0) is 32.0 Å². The van der Waals surface area contributed by atoms with Crippen LogP contribution in [0.1, 0.15) is 30.0 Å². The van der Waals surface area contributed by atoms with Crippen molar-refractivity contribution >= 4 is 28.6 Å². The summed E-state index contributed by atoms with van der Waals surface area (Å²) in [4.78, 5) is 16.2. The van der Waals surface area contributed by atoms with Gasteiger partial charge >= 0.3 is 5.97 Å². The van der Waals surface area contributed by atoms with E-state index < -0.39 is 5.97 Å². The number of hydroxylamine groups is 2. The molecule has 6 nitrogen and oxygen atoms in total. The number of carbonyl (C=O) groups excluding carboxylic acids is 1. The molecule has 0 spiro atoms. The van der Waals surface area contributed by atoms with E-state index in [2.05, 4.69) is 4.98 Å². The number of hydrogen-bond donors (Lipinski definition) is 1. The van der Waals surface area contributed by atoms with Gasteiger partial charge < -0.3 is 9.30 Å². The van der Waals surface area contributed by atoms with E-state index in [9.17, 15) is 10.0 Å². The largest absolute Gasteiger partial charge is 0.465 e. The number of aromatic nitrogens is 2. The Hall–Kier alpha value is -2.05. The van der Waals surface area contributed by atoms with Crippen molar-refractivity contribution in [3.63, 3.8) is 0 Å². The van der Waals surface area contributed by atoms with Gasteiger partial charge in [-0.15, -0.1) is 11.6 Å². The smallest absolute Gasteiger partial charge is 0.337 e. The molecular formula is C16H20ClN3O3. The average molecular weight is 338 g/mol. The topological polar surface area (TPSA) is 67.6 Å². The van der Waals surface area contributed by atoms with E-state index in [4.69, 9.17) is 16.3 Å². The molecule has 2 rings (SSSR count). The van der Waals surface area contributed by atoms with E-state index in [0.717, 1.165) is 16.7 Å². The highest BCUT2D eigenvalue weighted by molar-refractivity contribution is 6.16. The summed E-state index contributed by atoms with van der Waals surface area (Å²) in [6, 6.07) is 5.16. The zero-order valence-corrected chi connectivity index (χ0v) is 14.2. The molecule has 7 heteroatoms. The predicted molar refractivity (Wildman–Crippen MR) is 88.6 cm³/mol. The number of methoxy groups -OCH3 is 1. The third kappa shape index (κ3) is 3.48. The Kier molecular flexibility index (Phi) is 5.63. The van der Waals surface area contributed by atoms with Crippen LogP contribution in [0.4, 0.5) is 0 Å². The van der Waals surface area contributed by atoms with Crippen LogP contribution in [-0.2, 0) is 17.2 Å². The van der Waals surface area contributed by atoms with Crippen LogP contribution in [0.15, 0.2) is 30.0 Å². The number of likely N-dealkylation sites (N-methyl/N-ethyl adjacent to an activating group) is 1. The number of nitrogens with zero attached hydrogens (tertiary/aromatic N) is 3. The summed E-state index contributed by atoms with van der Waals surface area (Å²) in [5.41, 5.74) is 2.68. The molecule has 0 saturated heterocycles. The number of allylic oxidation sites excluding steroid dienone is 2. The van der Waals surface area contributed by atoms with Gasteiger partial charge in [-0.25, -0.2) is 9.78 Å². The van der Waals surface area contributed by atoms with E-state index in [1.807, 2.05) is 24.5 Å². The van der Waals surface area contributed by atoms with Crippen LogP contribution in [0.5, 0.6) is 0 Å². The van der Waals surface area contributed by atoms with Gasteiger partial charge in [0.15, 0.2) is 0 Å². The van der Waals surface area contributed by atoms with Gasteiger partial charge in [0.2, 0.25) is 0 Å². The van der Waals surface area contributed by atoms with Crippen molar-refractivity contribution in [2.75, 3.05) is 13.7 Å². The van der Waals surface area contributed by atoms with E-state index in [0.29, 0.717) is 24.5 Å². The maximum Gasteiger partial charge on any atom is 0.337 e. The molecular weight excluding hydrogens is 318 g/mol. The van der Waals surface area contributed by atoms with Crippen LogP contribution in [-0.4, -0.2) is 39.4 Å². The fourth-order valence-electron chi connectivity index (χ4n) is 2.38. The Labute approximate surface area is 139 Å². The monoisotopic (exact) mass is 337 g/mol. The van der Waals surface area contributed by atoms with Gasteiger partial charge in [0.1, 0.15) is 5.82 Å².